The summed E-state index contributed by atoms with van der Waals surface area (Å²) in [5.41, 5.74) is 3.67. The second kappa shape index (κ2) is 8.71. The number of hydrogen-bond acceptors (Lipinski definition) is 4. The van der Waals surface area contributed by atoms with Gasteiger partial charge < -0.3 is 15.0 Å². The Kier molecular flexibility index (Phi) is 6.64. The number of amides is 1. The summed E-state index contributed by atoms with van der Waals surface area (Å²) in [6.45, 7) is 5.75. The van der Waals surface area contributed by atoms with Crippen LogP contribution in [-0.4, -0.2) is 43.0 Å². The molecule has 0 spiro atoms. The second-order valence-corrected chi connectivity index (χ2v) is 6.55. The van der Waals surface area contributed by atoms with Crippen molar-refractivity contribution in [1.29, 1.82) is 0 Å². The fraction of sp³-hybridized carbons (Fsp3) is 0.579. The lowest BCUT2D eigenvalue weighted by atomic mass is 10.0. The first kappa shape index (κ1) is 18.3. The SMILES string of the molecule is COC(=O)CCCC(=O)N1CCCC(Nc2ccc(C)c(C)c2)C1. The van der Waals surface area contributed by atoms with E-state index in [-0.39, 0.29) is 17.9 Å². The summed E-state index contributed by atoms with van der Waals surface area (Å²) in [5.74, 6) is -0.124. The number of aryl methyl sites for hydroxylation is 2. The zero-order valence-corrected chi connectivity index (χ0v) is 14.9. The summed E-state index contributed by atoms with van der Waals surface area (Å²) >= 11 is 0. The molecular weight excluding hydrogens is 304 g/mol. The van der Waals surface area contributed by atoms with Crippen LogP contribution in [0.5, 0.6) is 0 Å². The number of carbonyl (C=O) groups is 2. The number of anilines is 1. The van der Waals surface area contributed by atoms with Gasteiger partial charge >= 0.3 is 5.97 Å². The van der Waals surface area contributed by atoms with Crippen molar-refractivity contribution in [3.8, 4) is 0 Å². The first-order chi connectivity index (χ1) is 11.5. The van der Waals surface area contributed by atoms with E-state index in [9.17, 15) is 9.59 Å². The number of nitrogens with zero attached hydrogens (tertiary/aromatic N) is 1. The average molecular weight is 332 g/mol. The molecule has 1 heterocycles. The molecular formula is C19H28N2O3. The minimum absolute atomic E-state index is 0.130. The maximum atomic E-state index is 12.3. The third kappa shape index (κ3) is 5.25. The summed E-state index contributed by atoms with van der Waals surface area (Å²) in [7, 11) is 1.37. The van der Waals surface area contributed by atoms with Crippen molar-refractivity contribution >= 4 is 17.6 Å². The largest absolute Gasteiger partial charge is 0.469 e. The summed E-state index contributed by atoms with van der Waals surface area (Å²) in [6, 6.07) is 6.66. The van der Waals surface area contributed by atoms with Crippen molar-refractivity contribution in [2.75, 3.05) is 25.5 Å². The van der Waals surface area contributed by atoms with Gasteiger partial charge in [-0.15, -0.1) is 0 Å². The van der Waals surface area contributed by atoms with E-state index in [4.69, 9.17) is 0 Å². The van der Waals surface area contributed by atoms with Crippen molar-refractivity contribution < 1.29 is 14.3 Å². The summed E-state index contributed by atoms with van der Waals surface area (Å²) < 4.78 is 4.61. The van der Waals surface area contributed by atoms with Crippen molar-refractivity contribution in [3.05, 3.63) is 29.3 Å². The Morgan fingerprint density at radius 3 is 2.75 bits per heavy atom. The quantitative estimate of drug-likeness (QED) is 0.814. The van der Waals surface area contributed by atoms with Gasteiger partial charge in [-0.25, -0.2) is 0 Å². The van der Waals surface area contributed by atoms with Gasteiger partial charge in [0.2, 0.25) is 5.91 Å². The number of hydrogen-bond donors (Lipinski definition) is 1. The van der Waals surface area contributed by atoms with Crippen molar-refractivity contribution in [3.63, 3.8) is 0 Å². The number of carbonyl (C=O) groups excluding carboxylic acids is 2. The topological polar surface area (TPSA) is 58.6 Å². The molecule has 1 aliphatic rings. The minimum atomic E-state index is -0.254. The molecule has 1 amide bonds. The predicted molar refractivity (Wildman–Crippen MR) is 95.0 cm³/mol. The molecule has 0 radical (unpaired) electrons. The van der Waals surface area contributed by atoms with Gasteiger partial charge in [0.05, 0.1) is 7.11 Å². The first-order valence-corrected chi connectivity index (χ1v) is 8.68. The van der Waals surface area contributed by atoms with Crippen LogP contribution in [0, 0.1) is 13.8 Å². The summed E-state index contributed by atoms with van der Waals surface area (Å²) in [5, 5.41) is 3.55. The Morgan fingerprint density at radius 2 is 2.04 bits per heavy atom. The lowest BCUT2D eigenvalue weighted by Crippen LogP contribution is -2.45. The lowest BCUT2D eigenvalue weighted by molar-refractivity contribution is -0.141. The highest BCUT2D eigenvalue weighted by Crippen LogP contribution is 2.19. The predicted octanol–water partition coefficient (Wildman–Crippen LogP) is 3.05. The van der Waals surface area contributed by atoms with Gasteiger partial charge in [-0.05, 0) is 56.4 Å². The molecule has 5 nitrogen and oxygen atoms in total. The Hall–Kier alpha value is -2.04. The molecule has 1 atom stereocenters. The molecule has 2 rings (SSSR count). The van der Waals surface area contributed by atoms with Gasteiger partial charge in [0.15, 0.2) is 0 Å². The smallest absolute Gasteiger partial charge is 0.305 e. The van der Waals surface area contributed by atoms with Crippen LogP contribution in [0.1, 0.15) is 43.2 Å². The molecule has 1 unspecified atom stereocenters. The van der Waals surface area contributed by atoms with Crippen LogP contribution in [0.4, 0.5) is 5.69 Å². The average Bonchev–Trinajstić information content (AvgIpc) is 2.58. The van der Waals surface area contributed by atoms with E-state index >= 15 is 0 Å². The number of likely N-dealkylation sites (tertiary alicyclic amines) is 1. The monoisotopic (exact) mass is 332 g/mol. The van der Waals surface area contributed by atoms with E-state index in [0.29, 0.717) is 19.3 Å². The van der Waals surface area contributed by atoms with Crippen LogP contribution in [0.15, 0.2) is 18.2 Å². The standard InChI is InChI=1S/C19H28N2O3/c1-14-9-10-16(12-15(14)2)20-17-6-5-11-21(13-17)18(22)7-4-8-19(23)24-3/h9-10,12,17,20H,4-8,11,13H2,1-3H3. The number of piperidine rings is 1. The maximum Gasteiger partial charge on any atom is 0.305 e. The highest BCUT2D eigenvalue weighted by molar-refractivity contribution is 5.77. The molecule has 1 aromatic rings. The Balaban J connectivity index is 1.83. The van der Waals surface area contributed by atoms with E-state index in [0.717, 1.165) is 31.6 Å². The Labute approximate surface area is 144 Å². The molecule has 0 aliphatic carbocycles. The van der Waals surface area contributed by atoms with E-state index in [2.05, 4.69) is 42.1 Å². The van der Waals surface area contributed by atoms with Gasteiger partial charge in [-0.3, -0.25) is 9.59 Å². The molecule has 0 bridgehead atoms. The van der Waals surface area contributed by atoms with Crippen LogP contribution < -0.4 is 5.32 Å². The number of rotatable bonds is 6. The molecule has 5 heteroatoms. The third-order valence-corrected chi connectivity index (χ3v) is 4.65. The molecule has 1 saturated heterocycles. The zero-order chi connectivity index (χ0) is 17.5. The van der Waals surface area contributed by atoms with Gasteiger partial charge in [-0.2, -0.15) is 0 Å². The van der Waals surface area contributed by atoms with E-state index in [1.54, 1.807) is 0 Å². The number of ether oxygens (including phenoxy) is 1. The van der Waals surface area contributed by atoms with Gasteiger partial charge in [0.1, 0.15) is 0 Å². The van der Waals surface area contributed by atoms with Crippen molar-refractivity contribution in [2.24, 2.45) is 0 Å². The molecule has 1 N–H and O–H groups in total. The molecule has 1 fully saturated rings. The van der Waals surface area contributed by atoms with Crippen LogP contribution >= 0.6 is 0 Å². The third-order valence-electron chi connectivity index (χ3n) is 4.65. The number of nitrogens with one attached hydrogen (secondary N) is 1. The minimum Gasteiger partial charge on any atom is -0.469 e. The van der Waals surface area contributed by atoms with Crippen molar-refractivity contribution in [2.45, 2.75) is 52.0 Å². The van der Waals surface area contributed by atoms with Crippen LogP contribution in [0.25, 0.3) is 0 Å². The maximum absolute atomic E-state index is 12.3. The van der Waals surface area contributed by atoms with Crippen LogP contribution in [0.2, 0.25) is 0 Å². The number of methoxy groups -OCH3 is 1. The van der Waals surface area contributed by atoms with Crippen molar-refractivity contribution in [1.82, 2.24) is 4.90 Å². The fourth-order valence-electron chi connectivity index (χ4n) is 3.03. The molecule has 1 aliphatic heterocycles. The second-order valence-electron chi connectivity index (χ2n) is 6.55. The molecule has 132 valence electrons. The van der Waals surface area contributed by atoms with E-state index in [1.165, 1.54) is 18.2 Å². The first-order valence-electron chi connectivity index (χ1n) is 8.68. The van der Waals surface area contributed by atoms with E-state index < -0.39 is 0 Å². The van der Waals surface area contributed by atoms with Crippen LogP contribution in [0.3, 0.4) is 0 Å². The molecule has 24 heavy (non-hydrogen) atoms. The highest BCUT2D eigenvalue weighted by atomic mass is 16.5. The number of benzene rings is 1. The summed E-state index contributed by atoms with van der Waals surface area (Å²) in [6.07, 6.45) is 3.34. The molecule has 0 saturated carbocycles. The van der Waals surface area contributed by atoms with Crippen LogP contribution in [-0.2, 0) is 14.3 Å². The molecule has 1 aromatic carbocycles. The number of esters is 1. The van der Waals surface area contributed by atoms with Gasteiger partial charge in [0.25, 0.3) is 0 Å². The van der Waals surface area contributed by atoms with Gasteiger partial charge in [0, 0.05) is 37.7 Å². The normalized spacial score (nSPS) is 17.5. The fourth-order valence-corrected chi connectivity index (χ4v) is 3.03. The summed E-state index contributed by atoms with van der Waals surface area (Å²) in [4.78, 5) is 25.3. The zero-order valence-electron chi connectivity index (χ0n) is 14.9. The Morgan fingerprint density at radius 1 is 1.25 bits per heavy atom. The lowest BCUT2D eigenvalue weighted by Gasteiger charge is -2.34. The highest BCUT2D eigenvalue weighted by Gasteiger charge is 2.23. The van der Waals surface area contributed by atoms with E-state index in [1.807, 2.05) is 4.90 Å². The Bertz CT molecular complexity index is 586. The van der Waals surface area contributed by atoms with Gasteiger partial charge in [-0.1, -0.05) is 6.07 Å². The molecule has 0 aromatic heterocycles.